The molecule has 0 aliphatic carbocycles. The minimum atomic E-state index is -0.591. The number of carbonyl (C=O) groups excluding carboxylic acids is 2. The lowest BCUT2D eigenvalue weighted by atomic mass is 10.2. The summed E-state index contributed by atoms with van der Waals surface area (Å²) in [6.07, 6.45) is 2.74. The monoisotopic (exact) mass is 269 g/mol. The van der Waals surface area contributed by atoms with Crippen LogP contribution in [0.3, 0.4) is 0 Å². The quantitative estimate of drug-likeness (QED) is 0.420. The molecule has 1 aliphatic heterocycles. The number of methoxy groups -OCH3 is 2. The summed E-state index contributed by atoms with van der Waals surface area (Å²) in [6.45, 7) is 4.70. The van der Waals surface area contributed by atoms with E-state index >= 15 is 0 Å². The van der Waals surface area contributed by atoms with E-state index in [2.05, 4.69) is 14.4 Å². The molecular formula is C13H19NO5. The fraction of sp³-hybridized carbons (Fsp3) is 0.538. The Labute approximate surface area is 112 Å². The van der Waals surface area contributed by atoms with E-state index in [1.165, 1.54) is 14.2 Å². The van der Waals surface area contributed by atoms with Gasteiger partial charge in [0.2, 0.25) is 0 Å². The summed E-state index contributed by atoms with van der Waals surface area (Å²) < 4.78 is 14.4. The van der Waals surface area contributed by atoms with E-state index in [1.807, 2.05) is 6.92 Å². The molecule has 1 fully saturated rings. The van der Waals surface area contributed by atoms with Crippen LogP contribution in [-0.2, 0) is 23.8 Å². The fourth-order valence-electron chi connectivity index (χ4n) is 1.70. The van der Waals surface area contributed by atoms with Gasteiger partial charge in [-0.1, -0.05) is 0 Å². The molecule has 0 saturated carbocycles. The summed E-state index contributed by atoms with van der Waals surface area (Å²) in [5, 5.41) is 0. The first-order chi connectivity index (χ1) is 9.08. The SMILES string of the molecule is COC(=O)/C=C(/C=C(\C)N1CCOCC1)C(=O)OC. The highest BCUT2D eigenvalue weighted by Gasteiger charge is 2.14. The van der Waals surface area contributed by atoms with Crippen LogP contribution in [-0.4, -0.2) is 57.4 Å². The molecule has 106 valence electrons. The molecule has 1 rings (SSSR count). The van der Waals surface area contributed by atoms with E-state index in [0.717, 1.165) is 24.9 Å². The number of rotatable bonds is 4. The van der Waals surface area contributed by atoms with Crippen LogP contribution >= 0.6 is 0 Å². The summed E-state index contributed by atoms with van der Waals surface area (Å²) in [5.41, 5.74) is 1.04. The lowest BCUT2D eigenvalue weighted by Crippen LogP contribution is -2.35. The Balaban J connectivity index is 2.88. The maximum atomic E-state index is 11.6. The van der Waals surface area contributed by atoms with Gasteiger partial charge in [0.25, 0.3) is 0 Å². The van der Waals surface area contributed by atoms with Gasteiger partial charge >= 0.3 is 11.9 Å². The predicted molar refractivity (Wildman–Crippen MR) is 68.3 cm³/mol. The second-order valence-electron chi connectivity index (χ2n) is 4.00. The molecule has 0 amide bonds. The largest absolute Gasteiger partial charge is 0.466 e. The summed E-state index contributed by atoms with van der Waals surface area (Å²) in [4.78, 5) is 24.9. The van der Waals surface area contributed by atoms with Gasteiger partial charge in [-0.25, -0.2) is 9.59 Å². The van der Waals surface area contributed by atoms with Gasteiger partial charge in [-0.3, -0.25) is 0 Å². The van der Waals surface area contributed by atoms with Gasteiger partial charge < -0.3 is 19.1 Å². The Hall–Kier alpha value is -1.82. The fourth-order valence-corrected chi connectivity index (χ4v) is 1.70. The molecule has 6 heteroatoms. The summed E-state index contributed by atoms with van der Waals surface area (Å²) in [6, 6.07) is 0. The van der Waals surface area contributed by atoms with Gasteiger partial charge in [-0.15, -0.1) is 0 Å². The standard InChI is InChI=1S/C13H19NO5/c1-10(14-4-6-19-7-5-14)8-11(13(16)18-3)9-12(15)17-2/h8-9H,4-7H2,1-3H3/b10-8+,11-9-. The molecule has 6 nitrogen and oxygen atoms in total. The molecule has 1 saturated heterocycles. The van der Waals surface area contributed by atoms with Crippen molar-refractivity contribution in [2.24, 2.45) is 0 Å². The number of esters is 2. The molecule has 0 spiro atoms. The normalized spacial score (nSPS) is 17.1. The Kier molecular flexibility index (Phi) is 6.08. The first-order valence-corrected chi connectivity index (χ1v) is 5.97. The third-order valence-corrected chi connectivity index (χ3v) is 2.77. The number of nitrogens with zero attached hydrogens (tertiary/aromatic N) is 1. The topological polar surface area (TPSA) is 65.1 Å². The molecule has 0 aromatic carbocycles. The second kappa shape index (κ2) is 7.58. The van der Waals surface area contributed by atoms with E-state index in [0.29, 0.717) is 13.2 Å². The molecule has 0 N–H and O–H groups in total. The number of allylic oxidation sites excluding steroid dienone is 1. The van der Waals surface area contributed by atoms with Crippen LogP contribution in [0.4, 0.5) is 0 Å². The number of ether oxygens (including phenoxy) is 3. The van der Waals surface area contributed by atoms with Crippen molar-refractivity contribution in [3.63, 3.8) is 0 Å². The average Bonchev–Trinajstić information content (AvgIpc) is 2.46. The maximum Gasteiger partial charge on any atom is 0.338 e. The number of morpholine rings is 1. The summed E-state index contributed by atoms with van der Waals surface area (Å²) in [5.74, 6) is -1.16. The van der Waals surface area contributed by atoms with Gasteiger partial charge in [0.1, 0.15) is 0 Å². The van der Waals surface area contributed by atoms with Crippen LogP contribution in [0, 0.1) is 0 Å². The van der Waals surface area contributed by atoms with Gasteiger partial charge in [0, 0.05) is 24.9 Å². The van der Waals surface area contributed by atoms with E-state index in [9.17, 15) is 9.59 Å². The molecule has 0 aromatic rings. The van der Waals surface area contributed by atoms with Crippen LogP contribution in [0.5, 0.6) is 0 Å². The number of carbonyl (C=O) groups is 2. The van der Waals surface area contributed by atoms with Crippen molar-refractivity contribution in [2.45, 2.75) is 6.92 Å². The van der Waals surface area contributed by atoms with Crippen LogP contribution < -0.4 is 0 Å². The third-order valence-electron chi connectivity index (χ3n) is 2.77. The summed E-state index contributed by atoms with van der Waals surface area (Å²) >= 11 is 0. The van der Waals surface area contributed by atoms with Crippen molar-refractivity contribution in [3.8, 4) is 0 Å². The van der Waals surface area contributed by atoms with Crippen LogP contribution in [0.25, 0.3) is 0 Å². The van der Waals surface area contributed by atoms with E-state index in [1.54, 1.807) is 6.08 Å². The number of hydrogen-bond acceptors (Lipinski definition) is 6. The van der Waals surface area contributed by atoms with Gasteiger partial charge in [-0.2, -0.15) is 0 Å². The summed E-state index contributed by atoms with van der Waals surface area (Å²) in [7, 11) is 2.53. The van der Waals surface area contributed by atoms with Crippen molar-refractivity contribution < 1.29 is 23.8 Å². The maximum absolute atomic E-state index is 11.6. The zero-order valence-electron chi connectivity index (χ0n) is 11.5. The zero-order chi connectivity index (χ0) is 14.3. The third kappa shape index (κ3) is 4.75. The lowest BCUT2D eigenvalue weighted by Gasteiger charge is -2.29. The van der Waals surface area contributed by atoms with E-state index in [-0.39, 0.29) is 5.57 Å². The second-order valence-corrected chi connectivity index (χ2v) is 4.00. The zero-order valence-corrected chi connectivity index (χ0v) is 11.5. The highest BCUT2D eigenvalue weighted by Crippen LogP contribution is 2.11. The Morgan fingerprint density at radius 3 is 2.26 bits per heavy atom. The smallest absolute Gasteiger partial charge is 0.338 e. The first-order valence-electron chi connectivity index (χ1n) is 5.97. The van der Waals surface area contributed by atoms with Crippen LogP contribution in [0.1, 0.15) is 6.92 Å². The average molecular weight is 269 g/mol. The van der Waals surface area contributed by atoms with Gasteiger partial charge in [-0.05, 0) is 13.0 Å². The first kappa shape index (κ1) is 15.2. The molecule has 0 unspecified atom stereocenters. The molecule has 0 bridgehead atoms. The molecule has 1 heterocycles. The van der Waals surface area contributed by atoms with Crippen LogP contribution in [0.15, 0.2) is 23.4 Å². The highest BCUT2D eigenvalue weighted by molar-refractivity contribution is 5.98. The Morgan fingerprint density at radius 2 is 1.74 bits per heavy atom. The Morgan fingerprint density at radius 1 is 1.11 bits per heavy atom. The van der Waals surface area contributed by atoms with E-state index < -0.39 is 11.9 Å². The predicted octanol–water partition coefficient (Wildman–Crippen LogP) is 0.495. The minimum absolute atomic E-state index is 0.165. The molecule has 1 aliphatic rings. The molecule has 0 radical (unpaired) electrons. The molecule has 19 heavy (non-hydrogen) atoms. The minimum Gasteiger partial charge on any atom is -0.466 e. The van der Waals surface area contributed by atoms with E-state index in [4.69, 9.17) is 4.74 Å². The van der Waals surface area contributed by atoms with Crippen molar-refractivity contribution in [3.05, 3.63) is 23.4 Å². The van der Waals surface area contributed by atoms with Crippen molar-refractivity contribution in [1.82, 2.24) is 4.90 Å². The number of hydrogen-bond donors (Lipinski definition) is 0. The van der Waals surface area contributed by atoms with Gasteiger partial charge in [0.15, 0.2) is 0 Å². The van der Waals surface area contributed by atoms with Crippen molar-refractivity contribution in [1.29, 1.82) is 0 Å². The van der Waals surface area contributed by atoms with Gasteiger partial charge in [0.05, 0.1) is 33.0 Å². The lowest BCUT2D eigenvalue weighted by molar-refractivity contribution is -0.138. The highest BCUT2D eigenvalue weighted by atomic mass is 16.5. The Bertz CT molecular complexity index is 394. The van der Waals surface area contributed by atoms with Crippen molar-refractivity contribution in [2.75, 3.05) is 40.5 Å². The van der Waals surface area contributed by atoms with Crippen molar-refractivity contribution >= 4 is 11.9 Å². The van der Waals surface area contributed by atoms with Crippen LogP contribution in [0.2, 0.25) is 0 Å². The molecule has 0 atom stereocenters. The molecule has 0 aromatic heterocycles. The molecular weight excluding hydrogens is 250 g/mol.